The smallest absolute Gasteiger partial charge is 0.261 e. The molecule has 106 valence electrons. The van der Waals surface area contributed by atoms with Gasteiger partial charge in [-0.25, -0.2) is 8.42 Å². The summed E-state index contributed by atoms with van der Waals surface area (Å²) in [5, 5.41) is 2.54. The first-order chi connectivity index (χ1) is 10.0. The van der Waals surface area contributed by atoms with Crippen molar-refractivity contribution in [3.63, 3.8) is 0 Å². The van der Waals surface area contributed by atoms with Crippen LogP contribution in [0.15, 0.2) is 71.6 Å². The zero-order valence-electron chi connectivity index (χ0n) is 11.0. The van der Waals surface area contributed by atoms with E-state index in [-0.39, 0.29) is 4.90 Å². The molecule has 0 unspecified atom stereocenters. The summed E-state index contributed by atoms with van der Waals surface area (Å²) in [6.45, 7) is 0. The molecule has 3 rings (SSSR count). The van der Waals surface area contributed by atoms with E-state index < -0.39 is 10.0 Å². The maximum Gasteiger partial charge on any atom is 0.261 e. The van der Waals surface area contributed by atoms with Gasteiger partial charge in [-0.05, 0) is 47.2 Å². The second-order valence-electron chi connectivity index (χ2n) is 4.62. The molecule has 0 saturated heterocycles. The molecule has 5 heteroatoms. The summed E-state index contributed by atoms with van der Waals surface area (Å²) in [4.78, 5) is 0.181. The quantitative estimate of drug-likeness (QED) is 0.783. The number of halogens is 1. The summed E-state index contributed by atoms with van der Waals surface area (Å²) < 4.78 is 27.2. The zero-order valence-corrected chi connectivity index (χ0v) is 12.5. The molecule has 0 atom stereocenters. The molecule has 0 aliphatic rings. The average Bonchev–Trinajstić information content (AvgIpc) is 2.47. The fourth-order valence-electron chi connectivity index (χ4n) is 2.08. The molecular formula is C16H12ClNO2S. The van der Waals surface area contributed by atoms with E-state index in [4.69, 9.17) is 11.6 Å². The summed E-state index contributed by atoms with van der Waals surface area (Å²) in [6.07, 6.45) is 0. The van der Waals surface area contributed by atoms with E-state index in [1.807, 2.05) is 36.4 Å². The van der Waals surface area contributed by atoms with Crippen LogP contribution in [0.2, 0.25) is 5.02 Å². The Morgan fingerprint density at radius 3 is 2.19 bits per heavy atom. The predicted molar refractivity (Wildman–Crippen MR) is 86.2 cm³/mol. The lowest BCUT2D eigenvalue weighted by atomic mass is 10.1. The number of hydrogen-bond donors (Lipinski definition) is 1. The van der Waals surface area contributed by atoms with Gasteiger partial charge in [0, 0.05) is 10.7 Å². The molecule has 0 radical (unpaired) electrons. The van der Waals surface area contributed by atoms with Gasteiger partial charge in [-0.15, -0.1) is 0 Å². The third-order valence-electron chi connectivity index (χ3n) is 3.13. The Balaban J connectivity index is 1.95. The normalized spacial score (nSPS) is 11.5. The van der Waals surface area contributed by atoms with E-state index in [0.29, 0.717) is 10.7 Å². The maximum absolute atomic E-state index is 12.3. The van der Waals surface area contributed by atoms with E-state index >= 15 is 0 Å². The summed E-state index contributed by atoms with van der Waals surface area (Å²) in [6, 6.07) is 19.3. The van der Waals surface area contributed by atoms with Crippen molar-refractivity contribution in [1.29, 1.82) is 0 Å². The molecule has 21 heavy (non-hydrogen) atoms. The van der Waals surface area contributed by atoms with Crippen molar-refractivity contribution in [3.8, 4) is 0 Å². The molecule has 3 nitrogen and oxygen atoms in total. The van der Waals surface area contributed by atoms with E-state index in [9.17, 15) is 8.42 Å². The SMILES string of the molecule is O=S(=O)(Nc1ccc2ccccc2c1)c1ccc(Cl)cc1. The second-order valence-corrected chi connectivity index (χ2v) is 6.74. The Bertz CT molecular complexity index is 890. The van der Waals surface area contributed by atoms with E-state index in [0.717, 1.165) is 10.8 Å². The molecule has 0 aromatic heterocycles. The molecule has 0 amide bonds. The van der Waals surface area contributed by atoms with Crippen molar-refractivity contribution in [2.45, 2.75) is 4.90 Å². The molecule has 0 saturated carbocycles. The molecule has 0 aliphatic carbocycles. The standard InChI is InChI=1S/C16H12ClNO2S/c17-14-6-9-16(10-7-14)21(19,20)18-15-8-5-12-3-1-2-4-13(12)11-15/h1-11,18H. The Kier molecular flexibility index (Phi) is 3.57. The highest BCUT2D eigenvalue weighted by Gasteiger charge is 2.13. The van der Waals surface area contributed by atoms with Gasteiger partial charge < -0.3 is 0 Å². The van der Waals surface area contributed by atoms with Crippen LogP contribution < -0.4 is 4.72 Å². The summed E-state index contributed by atoms with van der Waals surface area (Å²) in [5.74, 6) is 0. The fourth-order valence-corrected chi connectivity index (χ4v) is 3.26. The molecule has 0 aliphatic heterocycles. The molecule has 3 aromatic carbocycles. The summed E-state index contributed by atoms with van der Waals surface area (Å²) >= 11 is 5.77. The number of hydrogen-bond acceptors (Lipinski definition) is 2. The Hall–Kier alpha value is -2.04. The molecule has 1 N–H and O–H groups in total. The fraction of sp³-hybridized carbons (Fsp3) is 0. The van der Waals surface area contributed by atoms with Crippen LogP contribution in [0.3, 0.4) is 0 Å². The Labute approximate surface area is 128 Å². The van der Waals surface area contributed by atoms with Gasteiger partial charge in [-0.1, -0.05) is 41.9 Å². The van der Waals surface area contributed by atoms with Crippen LogP contribution in [0, 0.1) is 0 Å². The topological polar surface area (TPSA) is 46.2 Å². The van der Waals surface area contributed by atoms with Crippen molar-refractivity contribution in [1.82, 2.24) is 0 Å². The summed E-state index contributed by atoms with van der Waals surface area (Å²) in [7, 11) is -3.61. The van der Waals surface area contributed by atoms with Crippen LogP contribution in [0.4, 0.5) is 5.69 Å². The highest BCUT2D eigenvalue weighted by atomic mass is 35.5. The van der Waals surface area contributed by atoms with E-state index in [2.05, 4.69) is 4.72 Å². The van der Waals surface area contributed by atoms with Crippen LogP contribution in [0.1, 0.15) is 0 Å². The lowest BCUT2D eigenvalue weighted by Crippen LogP contribution is -2.12. The Morgan fingerprint density at radius 2 is 1.48 bits per heavy atom. The second kappa shape index (κ2) is 5.39. The van der Waals surface area contributed by atoms with Gasteiger partial charge in [0.2, 0.25) is 0 Å². The van der Waals surface area contributed by atoms with Crippen molar-refractivity contribution >= 4 is 38.1 Å². The van der Waals surface area contributed by atoms with Crippen molar-refractivity contribution in [2.75, 3.05) is 4.72 Å². The summed E-state index contributed by atoms with van der Waals surface area (Å²) in [5.41, 5.74) is 0.531. The first kappa shape index (κ1) is 13.9. The zero-order chi connectivity index (χ0) is 14.9. The number of benzene rings is 3. The number of sulfonamides is 1. The monoisotopic (exact) mass is 317 g/mol. The highest BCUT2D eigenvalue weighted by Crippen LogP contribution is 2.22. The van der Waals surface area contributed by atoms with Gasteiger partial charge in [-0.2, -0.15) is 0 Å². The lowest BCUT2D eigenvalue weighted by molar-refractivity contribution is 0.601. The minimum atomic E-state index is -3.61. The van der Waals surface area contributed by atoms with Crippen LogP contribution >= 0.6 is 11.6 Å². The van der Waals surface area contributed by atoms with Gasteiger partial charge in [0.1, 0.15) is 0 Å². The first-order valence-corrected chi connectivity index (χ1v) is 8.18. The van der Waals surface area contributed by atoms with Gasteiger partial charge in [0.25, 0.3) is 10.0 Å². The van der Waals surface area contributed by atoms with Crippen molar-refractivity contribution < 1.29 is 8.42 Å². The molecule has 0 fully saturated rings. The lowest BCUT2D eigenvalue weighted by Gasteiger charge is -2.09. The van der Waals surface area contributed by atoms with Crippen LogP contribution in [-0.2, 0) is 10.0 Å². The van der Waals surface area contributed by atoms with Gasteiger partial charge in [0.05, 0.1) is 4.90 Å². The molecular weight excluding hydrogens is 306 g/mol. The molecule has 3 aromatic rings. The van der Waals surface area contributed by atoms with Crippen molar-refractivity contribution in [3.05, 3.63) is 71.8 Å². The van der Waals surface area contributed by atoms with Gasteiger partial charge in [0.15, 0.2) is 0 Å². The minimum absolute atomic E-state index is 0.181. The van der Waals surface area contributed by atoms with Crippen LogP contribution in [0.25, 0.3) is 10.8 Å². The number of anilines is 1. The third kappa shape index (κ3) is 3.01. The highest BCUT2D eigenvalue weighted by molar-refractivity contribution is 7.92. The van der Waals surface area contributed by atoms with Gasteiger partial charge in [-0.3, -0.25) is 4.72 Å². The number of rotatable bonds is 3. The average molecular weight is 318 g/mol. The van der Waals surface area contributed by atoms with Crippen molar-refractivity contribution in [2.24, 2.45) is 0 Å². The third-order valence-corrected chi connectivity index (χ3v) is 4.77. The minimum Gasteiger partial charge on any atom is -0.280 e. The van der Waals surface area contributed by atoms with E-state index in [1.165, 1.54) is 12.1 Å². The number of fused-ring (bicyclic) bond motifs is 1. The van der Waals surface area contributed by atoms with E-state index in [1.54, 1.807) is 18.2 Å². The molecule has 0 bridgehead atoms. The molecule has 0 spiro atoms. The van der Waals surface area contributed by atoms with Crippen LogP contribution in [0.5, 0.6) is 0 Å². The Morgan fingerprint density at radius 1 is 0.810 bits per heavy atom. The van der Waals surface area contributed by atoms with Gasteiger partial charge >= 0.3 is 0 Å². The predicted octanol–water partition coefficient (Wildman–Crippen LogP) is 4.29. The molecule has 0 heterocycles. The largest absolute Gasteiger partial charge is 0.280 e. The van der Waals surface area contributed by atoms with Crippen LogP contribution in [-0.4, -0.2) is 8.42 Å². The first-order valence-electron chi connectivity index (χ1n) is 6.32. The maximum atomic E-state index is 12.3. The number of nitrogens with one attached hydrogen (secondary N) is 1.